The van der Waals surface area contributed by atoms with Crippen LogP contribution < -0.4 is 15.2 Å². The molecule has 0 heterocycles. The van der Waals surface area contributed by atoms with Crippen LogP contribution in [-0.2, 0) is 9.09 Å². The van der Waals surface area contributed by atoms with Crippen LogP contribution in [0.2, 0.25) is 0 Å². The molecule has 0 amide bonds. The molecule has 7 nitrogen and oxygen atoms in total. The van der Waals surface area contributed by atoms with Crippen LogP contribution in [0.25, 0.3) is 0 Å². The fourth-order valence-electron chi connectivity index (χ4n) is 3.52. The molecule has 2 aromatic carbocycles. The minimum Gasteiger partial charge on any atom is -0.490 e. The Hall–Kier alpha value is -2.03. The molecule has 1 aliphatic rings. The second-order valence-electron chi connectivity index (χ2n) is 7.41. The van der Waals surface area contributed by atoms with Crippen molar-refractivity contribution in [2.45, 2.75) is 30.7 Å². The number of halogens is 2. The first-order valence-corrected chi connectivity index (χ1v) is 11.0. The number of nitrogens with two attached hydrogens (primary N) is 1. The van der Waals surface area contributed by atoms with Gasteiger partial charge in [0.25, 0.3) is 0 Å². The van der Waals surface area contributed by atoms with Gasteiger partial charge in [0, 0.05) is 11.6 Å². The summed E-state index contributed by atoms with van der Waals surface area (Å²) in [6.07, 6.45) is 1.95. The summed E-state index contributed by atoms with van der Waals surface area (Å²) in [6, 6.07) is 10.5. The Kier molecular flexibility index (Phi) is 7.10. The highest BCUT2D eigenvalue weighted by Gasteiger charge is 2.38. The minimum atomic E-state index is -4.54. The molecule has 3 rings (SSSR count). The van der Waals surface area contributed by atoms with Crippen LogP contribution in [0.1, 0.15) is 30.7 Å². The topological polar surface area (TPSA) is 111 Å². The first kappa shape index (κ1) is 22.7. The molecule has 2 atom stereocenters. The van der Waals surface area contributed by atoms with Crippen LogP contribution in [0.4, 0.5) is 8.78 Å². The van der Waals surface area contributed by atoms with Gasteiger partial charge in [0.15, 0.2) is 11.6 Å². The average Bonchev–Trinajstić information content (AvgIpc) is 3.08. The first-order valence-electron chi connectivity index (χ1n) is 9.43. The summed E-state index contributed by atoms with van der Waals surface area (Å²) < 4.78 is 52.7. The van der Waals surface area contributed by atoms with Crippen molar-refractivity contribution in [2.75, 3.05) is 19.8 Å². The van der Waals surface area contributed by atoms with Crippen molar-refractivity contribution in [3.63, 3.8) is 0 Å². The maximum atomic E-state index is 13.5. The van der Waals surface area contributed by atoms with Gasteiger partial charge in [-0.2, -0.15) is 0 Å². The SMILES string of the molecule is N[C@]1(COP(=O)(O)O)CC[C@@H](c2ccc(OCCOc3ccc(F)cc3F)cc2)C1. The molecule has 10 heteroatoms. The molecule has 0 aliphatic heterocycles. The largest absolute Gasteiger partial charge is 0.490 e. The van der Waals surface area contributed by atoms with E-state index in [1.807, 2.05) is 12.1 Å². The van der Waals surface area contributed by atoms with E-state index >= 15 is 0 Å². The van der Waals surface area contributed by atoms with Crippen molar-refractivity contribution >= 4 is 7.82 Å². The van der Waals surface area contributed by atoms with Gasteiger partial charge in [-0.05, 0) is 55.0 Å². The number of rotatable bonds is 9. The fraction of sp³-hybridized carbons (Fsp3) is 0.400. The second kappa shape index (κ2) is 9.41. The van der Waals surface area contributed by atoms with Gasteiger partial charge in [0.05, 0.1) is 6.61 Å². The average molecular weight is 443 g/mol. The van der Waals surface area contributed by atoms with Crippen molar-refractivity contribution in [3.8, 4) is 11.5 Å². The molecule has 1 fully saturated rings. The van der Waals surface area contributed by atoms with E-state index in [1.165, 1.54) is 6.07 Å². The van der Waals surface area contributed by atoms with Gasteiger partial charge >= 0.3 is 7.82 Å². The van der Waals surface area contributed by atoms with Crippen LogP contribution in [-0.4, -0.2) is 35.1 Å². The van der Waals surface area contributed by atoms with Crippen LogP contribution >= 0.6 is 7.82 Å². The van der Waals surface area contributed by atoms with Gasteiger partial charge in [-0.15, -0.1) is 0 Å². The molecule has 4 N–H and O–H groups in total. The number of hydrogen-bond donors (Lipinski definition) is 3. The lowest BCUT2D eigenvalue weighted by Gasteiger charge is -2.24. The predicted octanol–water partition coefficient (Wildman–Crippen LogP) is 3.50. The molecule has 164 valence electrons. The lowest BCUT2D eigenvalue weighted by Crippen LogP contribution is -2.41. The molecule has 0 spiro atoms. The molecule has 0 bridgehead atoms. The maximum Gasteiger partial charge on any atom is 0.469 e. The molecule has 0 saturated heterocycles. The smallest absolute Gasteiger partial charge is 0.469 e. The highest BCUT2D eigenvalue weighted by atomic mass is 31.2. The Bertz CT molecular complexity index is 907. The third-order valence-corrected chi connectivity index (χ3v) is 5.48. The van der Waals surface area contributed by atoms with Crippen molar-refractivity contribution < 1.29 is 37.1 Å². The number of phosphoric ester groups is 1. The fourth-order valence-corrected chi connectivity index (χ4v) is 3.95. The number of phosphoric acid groups is 1. The van der Waals surface area contributed by atoms with E-state index in [2.05, 4.69) is 4.52 Å². The molecule has 2 aromatic rings. The van der Waals surface area contributed by atoms with Crippen LogP contribution in [0.5, 0.6) is 11.5 Å². The van der Waals surface area contributed by atoms with Gasteiger partial charge in [-0.25, -0.2) is 13.3 Å². The number of benzene rings is 2. The van der Waals surface area contributed by atoms with Gasteiger partial charge in [-0.3, -0.25) is 4.52 Å². The van der Waals surface area contributed by atoms with Crippen molar-refractivity contribution in [3.05, 3.63) is 59.7 Å². The zero-order chi connectivity index (χ0) is 21.8. The Morgan fingerprint density at radius 2 is 1.80 bits per heavy atom. The summed E-state index contributed by atoms with van der Waals surface area (Å²) in [4.78, 5) is 17.7. The zero-order valence-corrected chi connectivity index (χ0v) is 17.1. The van der Waals surface area contributed by atoms with E-state index in [9.17, 15) is 13.3 Å². The highest BCUT2D eigenvalue weighted by Crippen LogP contribution is 2.43. The van der Waals surface area contributed by atoms with E-state index in [1.54, 1.807) is 12.1 Å². The third kappa shape index (κ3) is 6.48. The van der Waals surface area contributed by atoms with Gasteiger partial charge in [-0.1, -0.05) is 12.1 Å². The van der Waals surface area contributed by atoms with E-state index in [4.69, 9.17) is 25.0 Å². The number of ether oxygens (including phenoxy) is 2. The Morgan fingerprint density at radius 3 is 2.47 bits per heavy atom. The van der Waals surface area contributed by atoms with E-state index in [-0.39, 0.29) is 31.5 Å². The third-order valence-electron chi connectivity index (χ3n) is 5.02. The lowest BCUT2D eigenvalue weighted by atomic mass is 9.94. The minimum absolute atomic E-state index is 0.0374. The summed E-state index contributed by atoms with van der Waals surface area (Å²) in [5.74, 6) is -0.694. The summed E-state index contributed by atoms with van der Waals surface area (Å²) in [7, 11) is -4.54. The zero-order valence-electron chi connectivity index (χ0n) is 16.2. The maximum absolute atomic E-state index is 13.5. The highest BCUT2D eigenvalue weighted by molar-refractivity contribution is 7.46. The van der Waals surface area contributed by atoms with Crippen molar-refractivity contribution in [1.29, 1.82) is 0 Å². The van der Waals surface area contributed by atoms with Crippen molar-refractivity contribution in [1.82, 2.24) is 0 Å². The quantitative estimate of drug-likeness (QED) is 0.402. The molecule has 0 radical (unpaired) electrons. The van der Waals surface area contributed by atoms with E-state index < -0.39 is 25.0 Å². The molecule has 0 aromatic heterocycles. The molecule has 1 saturated carbocycles. The Labute approximate surface area is 173 Å². The van der Waals surface area contributed by atoms with Gasteiger partial charge in [0.2, 0.25) is 0 Å². The normalized spacial score (nSPS) is 21.6. The molecular weight excluding hydrogens is 419 g/mol. The number of hydrogen-bond acceptors (Lipinski definition) is 5. The molecule has 30 heavy (non-hydrogen) atoms. The van der Waals surface area contributed by atoms with Crippen LogP contribution in [0.15, 0.2) is 42.5 Å². The van der Waals surface area contributed by atoms with Gasteiger partial charge in [0.1, 0.15) is 24.8 Å². The molecule has 1 aliphatic carbocycles. The summed E-state index contributed by atoms with van der Waals surface area (Å²) in [6.45, 7) is 0.0943. The van der Waals surface area contributed by atoms with E-state index in [0.29, 0.717) is 18.6 Å². The summed E-state index contributed by atoms with van der Waals surface area (Å²) in [5.41, 5.74) is 6.50. The standard InChI is InChI=1S/C20H24F2NO6P/c21-16-3-6-19(18(22)11-16)28-10-9-27-17-4-1-14(2-5-17)15-7-8-20(23,12-15)13-29-30(24,25)26/h1-6,11,15H,7-10,12-13,23H2,(H2,24,25,26)/t15-,20-/m1/s1. The first-order chi connectivity index (χ1) is 14.1. The second-order valence-corrected chi connectivity index (χ2v) is 8.65. The van der Waals surface area contributed by atoms with E-state index in [0.717, 1.165) is 24.1 Å². The summed E-state index contributed by atoms with van der Waals surface area (Å²) >= 11 is 0. The van der Waals surface area contributed by atoms with Crippen LogP contribution in [0.3, 0.4) is 0 Å². The molecular formula is C20H24F2NO6P. The molecule has 0 unspecified atom stereocenters. The van der Waals surface area contributed by atoms with Gasteiger partial charge < -0.3 is 25.0 Å². The predicted molar refractivity (Wildman–Crippen MR) is 105 cm³/mol. The monoisotopic (exact) mass is 443 g/mol. The van der Waals surface area contributed by atoms with Crippen LogP contribution in [0, 0.1) is 11.6 Å². The van der Waals surface area contributed by atoms with Crippen molar-refractivity contribution in [2.24, 2.45) is 5.73 Å². The Morgan fingerprint density at radius 1 is 1.10 bits per heavy atom. The summed E-state index contributed by atoms with van der Waals surface area (Å²) in [5, 5.41) is 0. The lowest BCUT2D eigenvalue weighted by molar-refractivity contribution is 0.153. The Balaban J connectivity index is 1.45.